The predicted octanol–water partition coefficient (Wildman–Crippen LogP) is 4.15. The molecule has 0 fully saturated rings. The Hall–Kier alpha value is -2.92. The lowest BCUT2D eigenvalue weighted by molar-refractivity contribution is 1.13. The smallest absolute Gasteiger partial charge is 0.155 e. The fourth-order valence-corrected chi connectivity index (χ4v) is 2.70. The quantitative estimate of drug-likeness (QED) is 0.571. The number of aromatic nitrogens is 4. The van der Waals surface area contributed by atoms with Crippen molar-refractivity contribution in [2.75, 3.05) is 12.4 Å². The molecule has 4 rings (SSSR count). The van der Waals surface area contributed by atoms with E-state index >= 15 is 0 Å². The minimum atomic E-state index is 0.466. The van der Waals surface area contributed by atoms with Gasteiger partial charge >= 0.3 is 0 Å². The molecule has 0 saturated heterocycles. The molecule has 1 N–H and O–H groups in total. The topological polar surface area (TPSA) is 55.1 Å². The number of anilines is 1. The normalized spacial score (nSPS) is 10.9. The highest BCUT2D eigenvalue weighted by Crippen LogP contribution is 2.25. The number of rotatable bonds is 3. The first-order valence-electron chi connectivity index (χ1n) is 7.48. The van der Waals surface area contributed by atoms with E-state index in [0.717, 1.165) is 33.8 Å². The summed E-state index contributed by atoms with van der Waals surface area (Å²) in [7, 11) is 1.90. The second-order valence-electron chi connectivity index (χ2n) is 5.34. The molecule has 1 aromatic carbocycles. The molecular formula is C18H14ClN5. The van der Waals surface area contributed by atoms with Gasteiger partial charge in [0, 0.05) is 36.3 Å². The van der Waals surface area contributed by atoms with Gasteiger partial charge in [0.2, 0.25) is 0 Å². The van der Waals surface area contributed by atoms with E-state index in [1.54, 1.807) is 18.5 Å². The van der Waals surface area contributed by atoms with Crippen LogP contribution in [0.2, 0.25) is 5.15 Å². The summed E-state index contributed by atoms with van der Waals surface area (Å²) in [6.07, 6.45) is 7.30. The van der Waals surface area contributed by atoms with Crippen molar-refractivity contribution in [3.8, 4) is 22.5 Å². The van der Waals surface area contributed by atoms with Gasteiger partial charge in [0.1, 0.15) is 5.15 Å². The Balaban J connectivity index is 1.82. The lowest BCUT2D eigenvalue weighted by Gasteiger charge is -2.06. The van der Waals surface area contributed by atoms with Gasteiger partial charge in [0.05, 0.1) is 23.8 Å². The van der Waals surface area contributed by atoms with Gasteiger partial charge in [-0.25, -0.2) is 9.97 Å². The van der Waals surface area contributed by atoms with Crippen LogP contribution < -0.4 is 5.32 Å². The van der Waals surface area contributed by atoms with Gasteiger partial charge in [0.15, 0.2) is 5.65 Å². The Kier molecular flexibility index (Phi) is 3.63. The molecule has 0 aliphatic rings. The van der Waals surface area contributed by atoms with E-state index < -0.39 is 0 Å². The first-order valence-corrected chi connectivity index (χ1v) is 7.85. The van der Waals surface area contributed by atoms with Crippen molar-refractivity contribution in [1.82, 2.24) is 19.4 Å². The maximum absolute atomic E-state index is 5.85. The average molecular weight is 336 g/mol. The molecule has 5 nitrogen and oxygen atoms in total. The number of benzene rings is 1. The number of nitrogens with zero attached hydrogens (tertiary/aromatic N) is 4. The first kappa shape index (κ1) is 14.7. The van der Waals surface area contributed by atoms with Crippen molar-refractivity contribution in [3.05, 3.63) is 66.3 Å². The summed E-state index contributed by atoms with van der Waals surface area (Å²) in [5.74, 6) is 0. The van der Waals surface area contributed by atoms with Crippen LogP contribution in [0.3, 0.4) is 0 Å². The summed E-state index contributed by atoms with van der Waals surface area (Å²) in [5, 5.41) is 3.59. The Morgan fingerprint density at radius 3 is 2.38 bits per heavy atom. The van der Waals surface area contributed by atoms with E-state index in [1.165, 1.54) is 0 Å². The number of fused-ring (bicyclic) bond motifs is 1. The third-order valence-electron chi connectivity index (χ3n) is 3.89. The molecule has 3 heterocycles. The van der Waals surface area contributed by atoms with Crippen LogP contribution in [0.4, 0.5) is 5.69 Å². The van der Waals surface area contributed by atoms with Gasteiger partial charge in [-0.15, -0.1) is 0 Å². The summed E-state index contributed by atoms with van der Waals surface area (Å²) in [6.45, 7) is 0. The van der Waals surface area contributed by atoms with Crippen LogP contribution >= 0.6 is 11.6 Å². The van der Waals surface area contributed by atoms with Crippen molar-refractivity contribution < 1.29 is 0 Å². The van der Waals surface area contributed by atoms with Crippen LogP contribution in [0.25, 0.3) is 28.2 Å². The van der Waals surface area contributed by atoms with E-state index in [9.17, 15) is 0 Å². The maximum Gasteiger partial charge on any atom is 0.155 e. The SMILES string of the molecule is CNc1ccc(-c2cnc3cnc(-c4ccc(Cl)nc4)cn23)cc1. The van der Waals surface area contributed by atoms with Crippen molar-refractivity contribution in [3.63, 3.8) is 0 Å². The number of hydrogen-bond acceptors (Lipinski definition) is 4. The van der Waals surface area contributed by atoms with E-state index in [-0.39, 0.29) is 0 Å². The standard InChI is InChI=1S/C18H14ClN5/c1-20-14-5-2-12(3-6-14)16-9-23-18-10-21-15(11-24(16)18)13-4-7-17(19)22-8-13/h2-11,20H,1H3. The highest BCUT2D eigenvalue weighted by Gasteiger charge is 2.09. The van der Waals surface area contributed by atoms with Gasteiger partial charge < -0.3 is 5.32 Å². The second-order valence-corrected chi connectivity index (χ2v) is 5.73. The predicted molar refractivity (Wildman–Crippen MR) is 96.2 cm³/mol. The largest absolute Gasteiger partial charge is 0.388 e. The van der Waals surface area contributed by atoms with Crippen LogP contribution in [-0.4, -0.2) is 26.4 Å². The molecule has 3 aromatic heterocycles. The Labute approximate surface area is 144 Å². The van der Waals surface area contributed by atoms with E-state index in [4.69, 9.17) is 11.6 Å². The summed E-state index contributed by atoms with van der Waals surface area (Å²) >= 11 is 5.85. The highest BCUT2D eigenvalue weighted by molar-refractivity contribution is 6.29. The minimum absolute atomic E-state index is 0.466. The molecule has 0 radical (unpaired) electrons. The first-order chi connectivity index (χ1) is 11.7. The van der Waals surface area contributed by atoms with E-state index in [1.807, 2.05) is 42.0 Å². The van der Waals surface area contributed by atoms with Crippen LogP contribution in [0, 0.1) is 0 Å². The molecule has 0 saturated carbocycles. The molecule has 0 aliphatic heterocycles. The van der Waals surface area contributed by atoms with Gasteiger partial charge in [-0.05, 0) is 24.3 Å². The summed E-state index contributed by atoms with van der Waals surface area (Å²) in [5.41, 5.74) is 5.70. The van der Waals surface area contributed by atoms with Gasteiger partial charge in [0.25, 0.3) is 0 Å². The van der Waals surface area contributed by atoms with E-state index in [2.05, 4.69) is 32.4 Å². The molecular weight excluding hydrogens is 322 g/mol. The van der Waals surface area contributed by atoms with Crippen LogP contribution in [0.15, 0.2) is 61.2 Å². The third-order valence-corrected chi connectivity index (χ3v) is 4.11. The van der Waals surface area contributed by atoms with Crippen molar-refractivity contribution in [1.29, 1.82) is 0 Å². The molecule has 4 aromatic rings. The Bertz CT molecular complexity index is 990. The number of halogens is 1. The molecule has 6 heteroatoms. The zero-order valence-electron chi connectivity index (χ0n) is 12.9. The molecule has 0 amide bonds. The fraction of sp³-hybridized carbons (Fsp3) is 0.0556. The van der Waals surface area contributed by atoms with Crippen molar-refractivity contribution in [2.45, 2.75) is 0 Å². The summed E-state index contributed by atoms with van der Waals surface area (Å²) in [6, 6.07) is 11.9. The number of pyridine rings is 1. The van der Waals surface area contributed by atoms with Crippen LogP contribution in [0.1, 0.15) is 0 Å². The molecule has 0 aliphatic carbocycles. The van der Waals surface area contributed by atoms with Crippen LogP contribution in [0.5, 0.6) is 0 Å². The Morgan fingerprint density at radius 1 is 0.875 bits per heavy atom. The highest BCUT2D eigenvalue weighted by atomic mass is 35.5. The third kappa shape index (κ3) is 2.59. The average Bonchev–Trinajstić information content (AvgIpc) is 3.05. The van der Waals surface area contributed by atoms with Gasteiger partial charge in [-0.2, -0.15) is 0 Å². The zero-order chi connectivity index (χ0) is 16.5. The minimum Gasteiger partial charge on any atom is -0.388 e. The molecule has 118 valence electrons. The zero-order valence-corrected chi connectivity index (χ0v) is 13.7. The lowest BCUT2D eigenvalue weighted by Crippen LogP contribution is -1.94. The number of hydrogen-bond donors (Lipinski definition) is 1. The van der Waals surface area contributed by atoms with Gasteiger partial charge in [-0.1, -0.05) is 23.7 Å². The van der Waals surface area contributed by atoms with Crippen molar-refractivity contribution in [2.24, 2.45) is 0 Å². The Morgan fingerprint density at radius 2 is 1.67 bits per heavy atom. The molecule has 24 heavy (non-hydrogen) atoms. The monoisotopic (exact) mass is 335 g/mol. The molecule has 0 spiro atoms. The summed E-state index contributed by atoms with van der Waals surface area (Å²) < 4.78 is 2.03. The fourth-order valence-electron chi connectivity index (χ4n) is 2.59. The van der Waals surface area contributed by atoms with Crippen LogP contribution in [-0.2, 0) is 0 Å². The second kappa shape index (κ2) is 5.94. The number of nitrogens with one attached hydrogen (secondary N) is 1. The van der Waals surface area contributed by atoms with Crippen molar-refractivity contribution >= 4 is 22.9 Å². The summed E-state index contributed by atoms with van der Waals surface area (Å²) in [4.78, 5) is 13.0. The van der Waals surface area contributed by atoms with E-state index in [0.29, 0.717) is 5.15 Å². The van der Waals surface area contributed by atoms with Gasteiger partial charge in [-0.3, -0.25) is 9.38 Å². The lowest BCUT2D eigenvalue weighted by atomic mass is 10.1. The maximum atomic E-state index is 5.85. The molecule has 0 bridgehead atoms. The molecule has 0 unspecified atom stereocenters. The molecule has 0 atom stereocenters. The number of imidazole rings is 1.